The molecule has 2 amide bonds. The molecular weight excluding hydrogens is 492 g/mol. The summed E-state index contributed by atoms with van der Waals surface area (Å²) in [6.45, 7) is 10.1. The first-order valence-electron chi connectivity index (χ1n) is 10.9. The third-order valence-corrected chi connectivity index (χ3v) is 5.93. The van der Waals surface area contributed by atoms with E-state index in [2.05, 4.69) is 35.1 Å². The van der Waals surface area contributed by atoms with Gasteiger partial charge in [-0.05, 0) is 77.5 Å². The zero-order valence-electron chi connectivity index (χ0n) is 19.3. The van der Waals surface area contributed by atoms with Gasteiger partial charge in [-0.25, -0.2) is 0 Å². The van der Waals surface area contributed by atoms with Crippen LogP contribution in [-0.4, -0.2) is 35.4 Å². The van der Waals surface area contributed by atoms with Gasteiger partial charge in [0.1, 0.15) is 11.8 Å². The number of hydrogen-bond acceptors (Lipinski definition) is 3. The number of rotatable bonds is 10. The van der Waals surface area contributed by atoms with Crippen molar-refractivity contribution in [2.75, 3.05) is 6.61 Å². The van der Waals surface area contributed by atoms with Crippen LogP contribution in [0.4, 0.5) is 0 Å². The highest BCUT2D eigenvalue weighted by atomic mass is 79.9. The predicted octanol–water partition coefficient (Wildman–Crippen LogP) is 5.94. The fraction of sp³-hybridized carbons (Fsp3) is 0.440. The Bertz CT molecular complexity index is 916. The molecule has 0 saturated heterocycles. The molecule has 0 spiro atoms. The summed E-state index contributed by atoms with van der Waals surface area (Å²) >= 11 is 9.53. The molecule has 7 heteroatoms. The van der Waals surface area contributed by atoms with Crippen molar-refractivity contribution in [3.63, 3.8) is 0 Å². The maximum atomic E-state index is 13.2. The van der Waals surface area contributed by atoms with Crippen LogP contribution in [-0.2, 0) is 16.1 Å². The summed E-state index contributed by atoms with van der Waals surface area (Å²) in [6, 6.07) is 12.5. The highest BCUT2D eigenvalue weighted by molar-refractivity contribution is 9.10. The summed E-state index contributed by atoms with van der Waals surface area (Å²) in [5.74, 6) is 0.549. The molecule has 0 aliphatic heterocycles. The standard InChI is InChI=1S/C25H32BrClN2O3/c1-6-22(25(31)28-17(4)5)29(14-18-7-10-20(27)11-8-18)24(30)15-32-23-12-9-19(16(2)3)13-21(23)26/h7-13,16-17,22H,6,14-15H2,1-5H3,(H,28,31)/t22-/m0/s1. The van der Waals surface area contributed by atoms with Crippen LogP contribution in [0.5, 0.6) is 5.75 Å². The first kappa shape index (κ1) is 26.2. The summed E-state index contributed by atoms with van der Waals surface area (Å²) in [5.41, 5.74) is 2.07. The quantitative estimate of drug-likeness (QED) is 0.419. The third-order valence-electron chi connectivity index (χ3n) is 5.06. The van der Waals surface area contributed by atoms with Gasteiger partial charge in [-0.2, -0.15) is 0 Å². The molecule has 0 aliphatic carbocycles. The van der Waals surface area contributed by atoms with Crippen molar-refractivity contribution < 1.29 is 14.3 Å². The molecule has 0 bridgehead atoms. The molecule has 0 heterocycles. The molecule has 32 heavy (non-hydrogen) atoms. The first-order valence-corrected chi connectivity index (χ1v) is 12.1. The minimum Gasteiger partial charge on any atom is -0.483 e. The fourth-order valence-electron chi connectivity index (χ4n) is 3.30. The number of nitrogens with one attached hydrogen (secondary N) is 1. The molecule has 0 fully saturated rings. The third kappa shape index (κ3) is 7.52. The van der Waals surface area contributed by atoms with Gasteiger partial charge in [0.2, 0.25) is 5.91 Å². The Hall–Kier alpha value is -2.05. The van der Waals surface area contributed by atoms with Crippen molar-refractivity contribution in [2.24, 2.45) is 0 Å². The van der Waals surface area contributed by atoms with E-state index in [-0.39, 0.29) is 31.0 Å². The van der Waals surface area contributed by atoms with Gasteiger partial charge in [-0.15, -0.1) is 0 Å². The van der Waals surface area contributed by atoms with Crippen molar-refractivity contribution >= 4 is 39.3 Å². The summed E-state index contributed by atoms with van der Waals surface area (Å²) in [4.78, 5) is 27.7. The van der Waals surface area contributed by atoms with Crippen LogP contribution < -0.4 is 10.1 Å². The SMILES string of the molecule is CC[C@@H](C(=O)NC(C)C)N(Cc1ccc(Cl)cc1)C(=O)COc1ccc(C(C)C)cc1Br. The van der Waals surface area contributed by atoms with E-state index in [9.17, 15) is 9.59 Å². The smallest absolute Gasteiger partial charge is 0.261 e. The molecule has 1 atom stereocenters. The first-order chi connectivity index (χ1) is 15.1. The van der Waals surface area contributed by atoms with Gasteiger partial charge in [0.15, 0.2) is 6.61 Å². The lowest BCUT2D eigenvalue weighted by molar-refractivity contribution is -0.143. The van der Waals surface area contributed by atoms with Gasteiger partial charge in [0.05, 0.1) is 4.47 Å². The van der Waals surface area contributed by atoms with Gasteiger partial charge < -0.3 is 15.0 Å². The number of carbonyl (C=O) groups excluding carboxylic acids is 2. The second-order valence-corrected chi connectivity index (χ2v) is 9.66. The van der Waals surface area contributed by atoms with E-state index < -0.39 is 6.04 Å². The summed E-state index contributed by atoms with van der Waals surface area (Å²) in [5, 5.41) is 3.54. The molecular formula is C25H32BrClN2O3. The van der Waals surface area contributed by atoms with Gasteiger partial charge in [-0.3, -0.25) is 9.59 Å². The van der Waals surface area contributed by atoms with E-state index in [1.165, 1.54) is 5.56 Å². The normalized spacial score (nSPS) is 12.0. The zero-order valence-corrected chi connectivity index (χ0v) is 21.7. The van der Waals surface area contributed by atoms with Crippen LogP contribution in [0.15, 0.2) is 46.9 Å². The van der Waals surface area contributed by atoms with Gasteiger partial charge in [0.25, 0.3) is 5.91 Å². The van der Waals surface area contributed by atoms with Crippen LogP contribution >= 0.6 is 27.5 Å². The number of halogens is 2. The van der Waals surface area contributed by atoms with E-state index in [1.807, 2.05) is 51.1 Å². The van der Waals surface area contributed by atoms with Gasteiger partial charge in [-0.1, -0.05) is 50.6 Å². The molecule has 0 saturated carbocycles. The van der Waals surface area contributed by atoms with Crippen molar-refractivity contribution in [2.45, 2.75) is 65.6 Å². The maximum absolute atomic E-state index is 13.2. The van der Waals surface area contributed by atoms with Crippen LogP contribution in [0.3, 0.4) is 0 Å². The molecule has 2 aromatic carbocycles. The van der Waals surface area contributed by atoms with Crippen LogP contribution in [0.25, 0.3) is 0 Å². The molecule has 0 aliphatic rings. The largest absolute Gasteiger partial charge is 0.483 e. The van der Waals surface area contributed by atoms with E-state index in [0.29, 0.717) is 23.1 Å². The Balaban J connectivity index is 2.22. The predicted molar refractivity (Wildman–Crippen MR) is 133 cm³/mol. The minimum atomic E-state index is -0.601. The molecule has 1 N–H and O–H groups in total. The van der Waals surface area contributed by atoms with Gasteiger partial charge in [0, 0.05) is 17.6 Å². The monoisotopic (exact) mass is 522 g/mol. The number of amides is 2. The van der Waals surface area contributed by atoms with E-state index in [4.69, 9.17) is 16.3 Å². The molecule has 5 nitrogen and oxygen atoms in total. The molecule has 0 radical (unpaired) electrons. The maximum Gasteiger partial charge on any atom is 0.261 e. The van der Waals surface area contributed by atoms with Gasteiger partial charge >= 0.3 is 0 Å². The van der Waals surface area contributed by atoms with Crippen LogP contribution in [0.1, 0.15) is 58.1 Å². The second-order valence-electron chi connectivity index (χ2n) is 8.37. The second kappa shape index (κ2) is 12.3. The number of hydrogen-bond donors (Lipinski definition) is 1. The Labute approximate surface area is 204 Å². The highest BCUT2D eigenvalue weighted by Gasteiger charge is 2.29. The molecule has 0 aromatic heterocycles. The number of benzene rings is 2. The van der Waals surface area contributed by atoms with Crippen molar-refractivity contribution in [1.29, 1.82) is 0 Å². The lowest BCUT2D eigenvalue weighted by Crippen LogP contribution is -2.51. The summed E-state index contributed by atoms with van der Waals surface area (Å²) < 4.78 is 6.63. The average molecular weight is 524 g/mol. The fourth-order valence-corrected chi connectivity index (χ4v) is 3.94. The Kier molecular flexibility index (Phi) is 10.0. The molecule has 2 rings (SSSR count). The average Bonchev–Trinajstić information content (AvgIpc) is 2.73. The Morgan fingerprint density at radius 1 is 1.09 bits per heavy atom. The zero-order chi connectivity index (χ0) is 23.8. The van der Waals surface area contributed by atoms with Crippen molar-refractivity contribution in [3.8, 4) is 5.75 Å². The van der Waals surface area contributed by atoms with E-state index in [0.717, 1.165) is 10.0 Å². The lowest BCUT2D eigenvalue weighted by Gasteiger charge is -2.31. The Morgan fingerprint density at radius 3 is 2.28 bits per heavy atom. The number of carbonyl (C=O) groups is 2. The molecule has 0 unspecified atom stereocenters. The van der Waals surface area contributed by atoms with Crippen LogP contribution in [0.2, 0.25) is 5.02 Å². The summed E-state index contributed by atoms with van der Waals surface area (Å²) in [7, 11) is 0. The number of nitrogens with zero attached hydrogens (tertiary/aromatic N) is 1. The van der Waals surface area contributed by atoms with E-state index in [1.54, 1.807) is 17.0 Å². The Morgan fingerprint density at radius 2 is 1.75 bits per heavy atom. The van der Waals surface area contributed by atoms with Crippen molar-refractivity contribution in [1.82, 2.24) is 10.2 Å². The number of ether oxygens (including phenoxy) is 1. The topological polar surface area (TPSA) is 58.6 Å². The molecule has 2 aromatic rings. The lowest BCUT2D eigenvalue weighted by atomic mass is 10.0. The molecule has 174 valence electrons. The highest BCUT2D eigenvalue weighted by Crippen LogP contribution is 2.29. The minimum absolute atomic E-state index is 0.0179. The van der Waals surface area contributed by atoms with E-state index >= 15 is 0 Å². The summed E-state index contributed by atoms with van der Waals surface area (Å²) in [6.07, 6.45) is 0.491. The van der Waals surface area contributed by atoms with Crippen molar-refractivity contribution in [3.05, 3.63) is 63.1 Å². The van der Waals surface area contributed by atoms with Crippen LogP contribution in [0, 0.1) is 0 Å².